The zero-order valence-electron chi connectivity index (χ0n) is 22.1. The molecule has 2 heterocycles. The number of carbonyl (C=O) groups excluding carboxylic acids is 2. The summed E-state index contributed by atoms with van der Waals surface area (Å²) in [7, 11) is 1.15. The summed E-state index contributed by atoms with van der Waals surface area (Å²) in [6.45, 7) is 0.699. The monoisotopic (exact) mass is 572 g/mol. The lowest BCUT2D eigenvalue weighted by atomic mass is 9.80. The van der Waals surface area contributed by atoms with Crippen LogP contribution in [0.3, 0.4) is 0 Å². The molecule has 0 aromatic carbocycles. The van der Waals surface area contributed by atoms with Crippen LogP contribution in [0, 0.1) is 0 Å². The second-order valence-electron chi connectivity index (χ2n) is 9.55. The van der Waals surface area contributed by atoms with Gasteiger partial charge in [-0.15, -0.1) is 0 Å². The number of hydrogen-bond donors (Lipinski definition) is 7. The van der Waals surface area contributed by atoms with Gasteiger partial charge in [0, 0.05) is 17.6 Å². The van der Waals surface area contributed by atoms with Gasteiger partial charge in [0.2, 0.25) is 6.29 Å². The SMILES string of the molecule is C/C=C1/[C@H](OC2OC(CO)C(O)C(O)C2O)OC=C(CC(=O)OC)[C@@]1(O)CC(=O)OCCC1=CCC(O)C(O)=C1. The number of aliphatic hydroxyl groups is 7. The zero-order chi connectivity index (χ0) is 29.6. The van der Waals surface area contributed by atoms with Crippen LogP contribution >= 0.6 is 0 Å². The molecule has 1 aliphatic carbocycles. The van der Waals surface area contributed by atoms with Crippen LogP contribution in [0.1, 0.15) is 32.6 Å². The van der Waals surface area contributed by atoms with Crippen LogP contribution in [-0.4, -0.2) is 117 Å². The number of esters is 2. The second kappa shape index (κ2) is 13.7. The van der Waals surface area contributed by atoms with Crippen molar-refractivity contribution in [1.29, 1.82) is 0 Å². The van der Waals surface area contributed by atoms with Gasteiger partial charge in [0.15, 0.2) is 6.29 Å². The Balaban J connectivity index is 1.76. The standard InChI is InChI=1S/C26H36O14/c1-3-15-24(40-25-23(34)22(33)21(32)18(11-27)39-25)38-12-14(9-19(30)36-2)26(15,35)10-20(31)37-7-6-13-4-5-16(28)17(29)8-13/h3-4,8,12,16,18,21-25,27-29,32-35H,5-7,9-11H2,1-2H3/b15-3-/t16?,18?,21?,22?,23?,24-,25?,26-/m0/s1. The molecule has 224 valence electrons. The van der Waals surface area contributed by atoms with Crippen LogP contribution in [0.2, 0.25) is 0 Å². The van der Waals surface area contributed by atoms with E-state index in [0.717, 1.165) is 13.4 Å². The molecule has 0 amide bonds. The molecule has 3 aliphatic rings. The van der Waals surface area contributed by atoms with Crippen molar-refractivity contribution in [3.8, 4) is 0 Å². The molecule has 2 aliphatic heterocycles. The summed E-state index contributed by atoms with van der Waals surface area (Å²) < 4.78 is 26.5. The molecular formula is C26H36O14. The van der Waals surface area contributed by atoms with Crippen LogP contribution < -0.4 is 0 Å². The van der Waals surface area contributed by atoms with E-state index in [-0.39, 0.29) is 36.4 Å². The predicted molar refractivity (Wildman–Crippen MR) is 133 cm³/mol. The molecule has 0 aromatic heterocycles. The Kier molecular flexibility index (Phi) is 10.9. The molecule has 3 rings (SSSR count). The van der Waals surface area contributed by atoms with Gasteiger partial charge in [0.1, 0.15) is 41.9 Å². The topological polar surface area (TPSA) is 222 Å². The summed E-state index contributed by atoms with van der Waals surface area (Å²) >= 11 is 0. The Bertz CT molecular complexity index is 1050. The summed E-state index contributed by atoms with van der Waals surface area (Å²) in [5.41, 5.74) is -1.62. The Labute approximate surface area is 230 Å². The third-order valence-electron chi connectivity index (χ3n) is 6.91. The first-order valence-corrected chi connectivity index (χ1v) is 12.6. The molecule has 14 heteroatoms. The minimum atomic E-state index is -2.16. The Morgan fingerprint density at radius 1 is 1.15 bits per heavy atom. The van der Waals surface area contributed by atoms with Crippen LogP contribution in [0.5, 0.6) is 0 Å². The normalized spacial score (nSPS) is 35.2. The quantitative estimate of drug-likeness (QED) is 0.120. The number of rotatable bonds is 10. The molecule has 0 radical (unpaired) electrons. The average molecular weight is 573 g/mol. The predicted octanol–water partition coefficient (Wildman–Crippen LogP) is -1.26. The molecule has 7 N–H and O–H groups in total. The van der Waals surface area contributed by atoms with E-state index in [1.807, 2.05) is 0 Å². The molecular weight excluding hydrogens is 536 g/mol. The van der Waals surface area contributed by atoms with E-state index in [4.69, 9.17) is 18.9 Å². The van der Waals surface area contributed by atoms with E-state index >= 15 is 0 Å². The molecule has 0 bridgehead atoms. The van der Waals surface area contributed by atoms with Crippen LogP contribution in [0.15, 0.2) is 47.0 Å². The zero-order valence-corrected chi connectivity index (χ0v) is 22.1. The maximum atomic E-state index is 12.8. The lowest BCUT2D eigenvalue weighted by Gasteiger charge is -2.43. The molecule has 40 heavy (non-hydrogen) atoms. The van der Waals surface area contributed by atoms with Gasteiger partial charge in [0.05, 0.1) is 39.4 Å². The van der Waals surface area contributed by atoms with Crippen molar-refractivity contribution in [3.05, 3.63) is 47.0 Å². The van der Waals surface area contributed by atoms with E-state index in [1.165, 1.54) is 19.1 Å². The molecule has 0 spiro atoms. The van der Waals surface area contributed by atoms with Crippen molar-refractivity contribution in [2.24, 2.45) is 0 Å². The van der Waals surface area contributed by atoms with Crippen LogP contribution in [-0.2, 0) is 33.3 Å². The van der Waals surface area contributed by atoms with Gasteiger partial charge in [-0.3, -0.25) is 9.59 Å². The second-order valence-corrected chi connectivity index (χ2v) is 9.55. The van der Waals surface area contributed by atoms with Gasteiger partial charge in [-0.2, -0.15) is 0 Å². The first-order valence-electron chi connectivity index (χ1n) is 12.6. The van der Waals surface area contributed by atoms with Crippen molar-refractivity contribution in [3.63, 3.8) is 0 Å². The van der Waals surface area contributed by atoms with E-state index in [0.29, 0.717) is 5.57 Å². The highest BCUT2D eigenvalue weighted by Crippen LogP contribution is 2.40. The van der Waals surface area contributed by atoms with Crippen molar-refractivity contribution in [2.45, 2.75) is 81.3 Å². The number of hydrogen-bond acceptors (Lipinski definition) is 14. The van der Waals surface area contributed by atoms with Crippen molar-refractivity contribution in [2.75, 3.05) is 20.3 Å². The van der Waals surface area contributed by atoms with Crippen LogP contribution in [0.25, 0.3) is 0 Å². The van der Waals surface area contributed by atoms with Gasteiger partial charge in [-0.25, -0.2) is 0 Å². The fraction of sp³-hybridized carbons (Fsp3) is 0.615. The van der Waals surface area contributed by atoms with Gasteiger partial charge in [0.25, 0.3) is 0 Å². The van der Waals surface area contributed by atoms with E-state index in [2.05, 4.69) is 4.74 Å². The molecule has 8 atom stereocenters. The first-order chi connectivity index (χ1) is 18.9. The lowest BCUT2D eigenvalue weighted by Crippen LogP contribution is -2.60. The Morgan fingerprint density at radius 3 is 2.50 bits per heavy atom. The number of methoxy groups -OCH3 is 1. The van der Waals surface area contributed by atoms with E-state index < -0.39 is 80.1 Å². The van der Waals surface area contributed by atoms with Crippen molar-refractivity contribution < 1.29 is 69.0 Å². The summed E-state index contributed by atoms with van der Waals surface area (Å²) in [5, 5.41) is 70.9. The van der Waals surface area contributed by atoms with Crippen molar-refractivity contribution in [1.82, 2.24) is 0 Å². The third-order valence-corrected chi connectivity index (χ3v) is 6.91. The van der Waals surface area contributed by atoms with Gasteiger partial charge >= 0.3 is 11.9 Å². The summed E-state index contributed by atoms with van der Waals surface area (Å²) in [4.78, 5) is 24.9. The minimum absolute atomic E-state index is 0.0464. The Morgan fingerprint density at radius 2 is 1.88 bits per heavy atom. The van der Waals surface area contributed by atoms with Gasteiger partial charge in [-0.05, 0) is 25.0 Å². The highest BCUT2D eigenvalue weighted by Gasteiger charge is 2.50. The number of carbonyl (C=O) groups is 2. The van der Waals surface area contributed by atoms with Crippen LogP contribution in [0.4, 0.5) is 0 Å². The summed E-state index contributed by atoms with van der Waals surface area (Å²) in [6.07, 6.45) is -5.69. The largest absolute Gasteiger partial charge is 0.510 e. The number of ether oxygens (including phenoxy) is 5. The average Bonchev–Trinajstić information content (AvgIpc) is 2.92. The van der Waals surface area contributed by atoms with Gasteiger partial charge < -0.3 is 59.4 Å². The van der Waals surface area contributed by atoms with Gasteiger partial charge in [-0.1, -0.05) is 12.2 Å². The number of aliphatic hydroxyl groups excluding tert-OH is 6. The smallest absolute Gasteiger partial charge is 0.309 e. The van der Waals surface area contributed by atoms with Crippen molar-refractivity contribution >= 4 is 11.9 Å². The first kappa shape index (κ1) is 31.7. The summed E-state index contributed by atoms with van der Waals surface area (Å²) in [6, 6.07) is 0. The molecule has 6 unspecified atom stereocenters. The highest BCUT2D eigenvalue weighted by molar-refractivity contribution is 5.76. The molecule has 0 aromatic rings. The molecule has 0 saturated carbocycles. The highest BCUT2D eigenvalue weighted by atomic mass is 16.8. The fourth-order valence-corrected chi connectivity index (χ4v) is 4.55. The third kappa shape index (κ3) is 7.08. The molecule has 14 nitrogen and oxygen atoms in total. The van der Waals surface area contributed by atoms with E-state index in [9.17, 15) is 45.3 Å². The Hall–Kier alpha value is -2.82. The summed E-state index contributed by atoms with van der Waals surface area (Å²) in [5.74, 6) is -1.78. The maximum Gasteiger partial charge on any atom is 0.309 e. The van der Waals surface area contributed by atoms with E-state index in [1.54, 1.807) is 6.08 Å². The molecule has 1 fully saturated rings. The number of allylic oxidation sites excluding steroid dienone is 2. The minimum Gasteiger partial charge on any atom is -0.510 e. The molecule has 1 saturated heterocycles. The maximum absolute atomic E-state index is 12.8. The fourth-order valence-electron chi connectivity index (χ4n) is 4.55. The lowest BCUT2D eigenvalue weighted by molar-refractivity contribution is -0.329.